The van der Waals surface area contributed by atoms with Crippen molar-refractivity contribution < 1.29 is 4.39 Å². The number of hydrogen-bond donors (Lipinski definition) is 2. The third-order valence-electron chi connectivity index (χ3n) is 5.82. The largest absolute Gasteiger partial charge is 0.398 e. The Balaban J connectivity index is 1.55. The van der Waals surface area contributed by atoms with Gasteiger partial charge in [0.25, 0.3) is 0 Å². The molecule has 2 atom stereocenters. The molecule has 22 heavy (non-hydrogen) atoms. The van der Waals surface area contributed by atoms with E-state index in [4.69, 9.17) is 5.73 Å². The summed E-state index contributed by atoms with van der Waals surface area (Å²) in [6.07, 6.45) is 5.76. The van der Waals surface area contributed by atoms with Crippen LogP contribution in [0.5, 0.6) is 0 Å². The highest BCUT2D eigenvalue weighted by Gasteiger charge is 2.58. The summed E-state index contributed by atoms with van der Waals surface area (Å²) in [5, 5.41) is 3.70. The SMILES string of the molecule is Nc1c(Br)cc(Br)cc1CNC12CC3CC(CC(F)(C3)C1)C2. The predicted octanol–water partition coefficient (Wildman–Crippen LogP) is 4.94. The van der Waals surface area contributed by atoms with Crippen LogP contribution in [0.2, 0.25) is 0 Å². The van der Waals surface area contributed by atoms with Crippen molar-refractivity contribution in [3.8, 4) is 0 Å². The van der Waals surface area contributed by atoms with Gasteiger partial charge in [0.1, 0.15) is 5.67 Å². The fourth-order valence-corrected chi connectivity index (χ4v) is 6.74. The number of hydrogen-bond acceptors (Lipinski definition) is 2. The van der Waals surface area contributed by atoms with Crippen molar-refractivity contribution in [1.82, 2.24) is 5.32 Å². The monoisotopic (exact) mass is 430 g/mol. The molecule has 1 aromatic rings. The summed E-state index contributed by atoms with van der Waals surface area (Å²) < 4.78 is 16.9. The van der Waals surface area contributed by atoms with Gasteiger partial charge in [-0.05, 0) is 84.0 Å². The number of nitrogens with one attached hydrogen (secondary N) is 1. The second-order valence-electron chi connectivity index (χ2n) is 7.71. The normalized spacial score (nSPS) is 39.4. The Kier molecular flexibility index (Phi) is 3.63. The summed E-state index contributed by atoms with van der Waals surface area (Å²) in [6, 6.07) is 4.01. The van der Waals surface area contributed by atoms with Gasteiger partial charge in [-0.1, -0.05) is 15.9 Å². The highest BCUT2D eigenvalue weighted by Crippen LogP contribution is 2.59. The zero-order valence-electron chi connectivity index (χ0n) is 12.5. The van der Waals surface area contributed by atoms with Crippen molar-refractivity contribution in [1.29, 1.82) is 0 Å². The van der Waals surface area contributed by atoms with Crippen molar-refractivity contribution in [2.24, 2.45) is 11.8 Å². The first kappa shape index (κ1) is 15.4. The van der Waals surface area contributed by atoms with E-state index in [9.17, 15) is 4.39 Å². The van der Waals surface area contributed by atoms with Crippen molar-refractivity contribution >= 4 is 37.5 Å². The van der Waals surface area contributed by atoms with Crippen molar-refractivity contribution in [3.05, 3.63) is 26.6 Å². The molecule has 0 aromatic heterocycles. The van der Waals surface area contributed by atoms with Crippen molar-refractivity contribution in [2.45, 2.75) is 56.3 Å². The van der Waals surface area contributed by atoms with E-state index in [1.807, 2.05) is 6.07 Å². The Bertz CT molecular complexity index is 605. The lowest BCUT2D eigenvalue weighted by molar-refractivity contribution is -0.0979. The maximum atomic E-state index is 15.0. The van der Waals surface area contributed by atoms with E-state index in [0.717, 1.165) is 45.9 Å². The van der Waals surface area contributed by atoms with Crippen LogP contribution < -0.4 is 11.1 Å². The minimum atomic E-state index is -0.916. The van der Waals surface area contributed by atoms with Gasteiger partial charge in [0.2, 0.25) is 0 Å². The smallest absolute Gasteiger partial charge is 0.113 e. The second-order valence-corrected chi connectivity index (χ2v) is 9.48. The summed E-state index contributed by atoms with van der Waals surface area (Å²) in [5.41, 5.74) is 7.09. The predicted molar refractivity (Wildman–Crippen MR) is 94.3 cm³/mol. The number of nitrogen functional groups attached to an aromatic ring is 1. The molecule has 120 valence electrons. The highest BCUT2D eigenvalue weighted by atomic mass is 79.9. The van der Waals surface area contributed by atoms with Crippen LogP contribution in [-0.2, 0) is 6.54 Å². The average molecular weight is 432 g/mol. The van der Waals surface area contributed by atoms with E-state index in [-0.39, 0.29) is 5.54 Å². The van der Waals surface area contributed by atoms with Gasteiger partial charge < -0.3 is 11.1 Å². The van der Waals surface area contributed by atoms with E-state index < -0.39 is 5.67 Å². The fourth-order valence-electron chi connectivity index (χ4n) is 5.42. The van der Waals surface area contributed by atoms with Crippen molar-refractivity contribution in [3.63, 3.8) is 0 Å². The van der Waals surface area contributed by atoms with Crippen LogP contribution in [0.25, 0.3) is 0 Å². The fraction of sp³-hybridized carbons (Fsp3) is 0.647. The van der Waals surface area contributed by atoms with E-state index >= 15 is 0 Å². The molecular weight excluding hydrogens is 411 g/mol. The van der Waals surface area contributed by atoms with Gasteiger partial charge in [-0.15, -0.1) is 0 Å². The zero-order chi connectivity index (χ0) is 15.5. The molecule has 0 amide bonds. The molecule has 0 spiro atoms. The first-order chi connectivity index (χ1) is 10.4. The molecule has 2 unspecified atom stereocenters. The lowest BCUT2D eigenvalue weighted by Crippen LogP contribution is -2.63. The molecule has 5 rings (SSSR count). The zero-order valence-corrected chi connectivity index (χ0v) is 15.6. The van der Waals surface area contributed by atoms with Crippen LogP contribution in [0, 0.1) is 11.8 Å². The molecule has 0 aliphatic heterocycles. The Hall–Kier alpha value is -0.130. The summed E-state index contributed by atoms with van der Waals surface area (Å²) in [7, 11) is 0. The van der Waals surface area contributed by atoms with Crippen molar-refractivity contribution in [2.75, 3.05) is 5.73 Å². The Morgan fingerprint density at radius 1 is 1.18 bits per heavy atom. The second kappa shape index (κ2) is 5.18. The highest BCUT2D eigenvalue weighted by molar-refractivity contribution is 9.11. The molecule has 2 nitrogen and oxygen atoms in total. The molecule has 4 aliphatic carbocycles. The van der Waals surface area contributed by atoms with Crippen LogP contribution in [0.1, 0.15) is 44.1 Å². The van der Waals surface area contributed by atoms with Gasteiger partial charge in [-0.2, -0.15) is 0 Å². The quantitative estimate of drug-likeness (QED) is 0.664. The van der Waals surface area contributed by atoms with E-state index in [0.29, 0.717) is 24.8 Å². The standard InChI is InChI=1S/C17H21Br2FN2/c18-13-2-12(15(21)14(19)3-13)8-22-17-6-10-1-11(7-17)5-16(20,4-10)9-17/h2-3,10-11,22H,1,4-9,21H2. The lowest BCUT2D eigenvalue weighted by atomic mass is 9.51. The number of nitrogens with two attached hydrogens (primary N) is 1. The summed E-state index contributed by atoms with van der Waals surface area (Å²) in [6.45, 7) is 0.708. The van der Waals surface area contributed by atoms with E-state index in [1.54, 1.807) is 0 Å². The van der Waals surface area contributed by atoms with Gasteiger partial charge in [0.05, 0.1) is 5.69 Å². The van der Waals surface area contributed by atoms with Crippen LogP contribution in [-0.4, -0.2) is 11.2 Å². The average Bonchev–Trinajstić information content (AvgIpc) is 2.38. The number of rotatable bonds is 3. The van der Waals surface area contributed by atoms with Crippen LogP contribution in [0.15, 0.2) is 21.1 Å². The molecule has 4 bridgehead atoms. The minimum absolute atomic E-state index is 0.0138. The van der Waals surface area contributed by atoms with Gasteiger partial charge in [0.15, 0.2) is 0 Å². The maximum Gasteiger partial charge on any atom is 0.113 e. The molecule has 4 fully saturated rings. The molecule has 5 heteroatoms. The number of benzene rings is 1. The molecule has 0 heterocycles. The molecule has 4 aliphatic rings. The number of anilines is 1. The molecule has 0 radical (unpaired) electrons. The maximum absolute atomic E-state index is 15.0. The molecule has 4 saturated carbocycles. The van der Waals surface area contributed by atoms with Gasteiger partial charge >= 0.3 is 0 Å². The third kappa shape index (κ3) is 2.63. The topological polar surface area (TPSA) is 38.0 Å². The molecule has 0 saturated heterocycles. The van der Waals surface area contributed by atoms with Gasteiger partial charge in [-0.3, -0.25) is 0 Å². The molecular formula is C17H21Br2FN2. The summed E-state index contributed by atoms with van der Waals surface area (Å²) in [4.78, 5) is 0. The molecule has 1 aromatic carbocycles. The van der Waals surface area contributed by atoms with E-state index in [2.05, 4.69) is 43.2 Å². The Morgan fingerprint density at radius 3 is 2.50 bits per heavy atom. The van der Waals surface area contributed by atoms with Crippen LogP contribution in [0.4, 0.5) is 10.1 Å². The summed E-state index contributed by atoms with van der Waals surface area (Å²) in [5.74, 6) is 1.15. The molecule has 3 N–H and O–H groups in total. The first-order valence-electron chi connectivity index (χ1n) is 8.04. The number of halogens is 3. The Labute approximate surface area is 147 Å². The lowest BCUT2D eigenvalue weighted by Gasteiger charge is -2.59. The van der Waals surface area contributed by atoms with Gasteiger partial charge in [-0.25, -0.2) is 4.39 Å². The summed E-state index contributed by atoms with van der Waals surface area (Å²) >= 11 is 7.01. The third-order valence-corrected chi connectivity index (χ3v) is 6.94. The first-order valence-corrected chi connectivity index (χ1v) is 9.62. The Morgan fingerprint density at radius 2 is 1.86 bits per heavy atom. The van der Waals surface area contributed by atoms with Crippen LogP contribution >= 0.6 is 31.9 Å². The minimum Gasteiger partial charge on any atom is -0.398 e. The number of alkyl halides is 1. The van der Waals surface area contributed by atoms with Gasteiger partial charge in [0, 0.05) is 21.0 Å². The van der Waals surface area contributed by atoms with Crippen LogP contribution in [0.3, 0.4) is 0 Å². The van der Waals surface area contributed by atoms with E-state index in [1.165, 1.54) is 6.42 Å².